The van der Waals surface area contributed by atoms with Crippen molar-refractivity contribution in [3.63, 3.8) is 0 Å². The molecule has 2 atom stereocenters. The molecule has 2 fully saturated rings. The number of benzene rings is 1. The molecule has 0 spiro atoms. The van der Waals surface area contributed by atoms with Crippen molar-refractivity contribution >= 4 is 41.1 Å². The highest BCUT2D eigenvalue weighted by Crippen LogP contribution is 2.28. The topological polar surface area (TPSA) is 116 Å². The Hall–Kier alpha value is -3.99. The van der Waals surface area contributed by atoms with Crippen LogP contribution in [0.1, 0.15) is 29.6 Å². The van der Waals surface area contributed by atoms with Gasteiger partial charge in [0.1, 0.15) is 6.17 Å². The molecule has 11 heteroatoms. The number of carbonyl (C=O) groups excluding carboxylic acids is 2. The van der Waals surface area contributed by atoms with Gasteiger partial charge in [0.05, 0.1) is 36.8 Å². The third-order valence-electron chi connectivity index (χ3n) is 7.14. The molecule has 2 aliphatic heterocycles. The molecule has 2 saturated heterocycles. The van der Waals surface area contributed by atoms with Gasteiger partial charge in [0.15, 0.2) is 0 Å². The zero-order valence-electron chi connectivity index (χ0n) is 21.1. The van der Waals surface area contributed by atoms with E-state index in [4.69, 9.17) is 0 Å². The number of pyridine rings is 1. The minimum absolute atomic E-state index is 0.0444. The number of aliphatic imine (C=N–C) groups is 1. The molecule has 0 radical (unpaired) electrons. The Balaban J connectivity index is 1.20. The Morgan fingerprint density at radius 2 is 1.84 bits per heavy atom. The van der Waals surface area contributed by atoms with Crippen LogP contribution in [0.3, 0.4) is 0 Å². The van der Waals surface area contributed by atoms with Gasteiger partial charge in [-0.3, -0.25) is 29.8 Å². The first-order valence-electron chi connectivity index (χ1n) is 12.8. The number of likely N-dealkylation sites (tertiary alicyclic amines) is 2. The van der Waals surface area contributed by atoms with Gasteiger partial charge >= 0.3 is 0 Å². The van der Waals surface area contributed by atoms with Crippen LogP contribution in [0.4, 0.5) is 16.0 Å². The summed E-state index contributed by atoms with van der Waals surface area (Å²) in [5.74, 6) is -0.138. The molecular weight excluding hydrogens is 487 g/mol. The number of nitrogens with one attached hydrogen (secondary N) is 2. The molecule has 3 aromatic rings. The Morgan fingerprint density at radius 1 is 1.08 bits per heavy atom. The Kier molecular flexibility index (Phi) is 7.83. The summed E-state index contributed by atoms with van der Waals surface area (Å²) in [5.41, 5.74) is 1.93. The van der Waals surface area contributed by atoms with Crippen molar-refractivity contribution in [3.05, 3.63) is 54.5 Å². The lowest BCUT2D eigenvalue weighted by Crippen LogP contribution is -2.47. The second kappa shape index (κ2) is 11.6. The van der Waals surface area contributed by atoms with E-state index in [9.17, 15) is 14.0 Å². The summed E-state index contributed by atoms with van der Waals surface area (Å²) in [6, 6.07) is 9.14. The van der Waals surface area contributed by atoms with Crippen LogP contribution < -0.4 is 10.6 Å². The van der Waals surface area contributed by atoms with Gasteiger partial charge in [0, 0.05) is 55.2 Å². The second-order valence-corrected chi connectivity index (χ2v) is 9.72. The smallest absolute Gasteiger partial charge is 0.260 e. The number of carbonyl (C=O) groups is 2. The highest BCUT2D eigenvalue weighted by atomic mass is 19.1. The lowest BCUT2D eigenvalue weighted by Gasteiger charge is -2.34. The molecule has 0 saturated carbocycles. The summed E-state index contributed by atoms with van der Waals surface area (Å²) in [4.78, 5) is 46.0. The van der Waals surface area contributed by atoms with Gasteiger partial charge in [0.2, 0.25) is 11.9 Å². The van der Waals surface area contributed by atoms with Crippen molar-refractivity contribution in [2.24, 2.45) is 4.99 Å². The number of piperidine rings is 1. The van der Waals surface area contributed by atoms with E-state index < -0.39 is 6.17 Å². The van der Waals surface area contributed by atoms with Crippen molar-refractivity contribution in [1.82, 2.24) is 24.8 Å². The maximum absolute atomic E-state index is 13.9. The third-order valence-corrected chi connectivity index (χ3v) is 7.14. The molecule has 2 aliphatic rings. The Bertz CT molecular complexity index is 1300. The number of amides is 2. The van der Waals surface area contributed by atoms with Crippen molar-refractivity contribution in [2.75, 3.05) is 43.4 Å². The van der Waals surface area contributed by atoms with E-state index in [0.29, 0.717) is 24.0 Å². The number of nitrogens with zero attached hydrogens (tertiary/aromatic N) is 6. The van der Waals surface area contributed by atoms with Crippen molar-refractivity contribution in [2.45, 2.75) is 37.5 Å². The minimum Gasteiger partial charge on any atom is -0.382 e. The van der Waals surface area contributed by atoms with Gasteiger partial charge < -0.3 is 10.2 Å². The summed E-state index contributed by atoms with van der Waals surface area (Å²) in [6.07, 6.45) is 5.84. The average molecular weight is 519 g/mol. The van der Waals surface area contributed by atoms with Crippen molar-refractivity contribution in [3.8, 4) is 0 Å². The third kappa shape index (κ3) is 5.77. The SMILES string of the molecule is C=NC[C@@H]1C[C@H](F)CN1C(=O)CN1CCC(Nc2ccc(C(=O)Nc3ncccn3)c3ncccc23)CC1. The van der Waals surface area contributed by atoms with Crippen LogP contribution in [0.15, 0.2) is 53.9 Å². The maximum Gasteiger partial charge on any atom is 0.260 e. The molecule has 10 nitrogen and oxygen atoms in total. The molecule has 2 N–H and O–H groups in total. The number of hydrogen-bond acceptors (Lipinski definition) is 8. The highest BCUT2D eigenvalue weighted by Gasteiger charge is 2.35. The standard InChI is InChI=1S/C27H31FN8O2/c1-29-15-20-14-18(28)16-36(20)24(37)17-35-12-7-19(8-13-35)33-23-6-5-22(25-21(23)4-2-9-30-25)26(38)34-27-31-10-3-11-32-27/h2-6,9-11,18-20,33H,1,7-8,12-17H2,(H,31,32,34,38)/t18-,20-/m0/s1. The summed E-state index contributed by atoms with van der Waals surface area (Å²) < 4.78 is 13.9. The minimum atomic E-state index is -0.992. The molecule has 0 bridgehead atoms. The van der Waals surface area contributed by atoms with Gasteiger partial charge in [-0.2, -0.15) is 0 Å². The maximum atomic E-state index is 13.9. The predicted molar refractivity (Wildman–Crippen MR) is 144 cm³/mol. The van der Waals surface area contributed by atoms with Crippen LogP contribution >= 0.6 is 0 Å². The number of fused-ring (bicyclic) bond motifs is 1. The fourth-order valence-corrected chi connectivity index (χ4v) is 5.24. The zero-order valence-corrected chi connectivity index (χ0v) is 21.1. The van der Waals surface area contributed by atoms with E-state index in [1.807, 2.05) is 18.2 Å². The highest BCUT2D eigenvalue weighted by molar-refractivity contribution is 6.13. The van der Waals surface area contributed by atoms with Crippen LogP contribution in [0.2, 0.25) is 0 Å². The monoisotopic (exact) mass is 518 g/mol. The van der Waals surface area contributed by atoms with Gasteiger partial charge in [-0.25, -0.2) is 14.4 Å². The summed E-state index contributed by atoms with van der Waals surface area (Å²) >= 11 is 0. The van der Waals surface area contributed by atoms with E-state index in [-0.39, 0.29) is 42.9 Å². The van der Waals surface area contributed by atoms with Gasteiger partial charge in [0.25, 0.3) is 5.91 Å². The average Bonchev–Trinajstić information content (AvgIpc) is 3.31. The lowest BCUT2D eigenvalue weighted by molar-refractivity contribution is -0.133. The van der Waals surface area contributed by atoms with Crippen LogP contribution in [-0.4, -0.2) is 94.3 Å². The zero-order chi connectivity index (χ0) is 26.5. The molecule has 2 amide bonds. The van der Waals surface area contributed by atoms with Crippen LogP contribution in [0.25, 0.3) is 10.9 Å². The van der Waals surface area contributed by atoms with Crippen LogP contribution in [0, 0.1) is 0 Å². The molecule has 1 aromatic carbocycles. The van der Waals surface area contributed by atoms with E-state index in [0.717, 1.165) is 37.0 Å². The summed E-state index contributed by atoms with van der Waals surface area (Å²) in [5, 5.41) is 7.18. The normalized spacial score (nSPS) is 20.4. The first-order chi connectivity index (χ1) is 18.5. The molecule has 2 aromatic heterocycles. The van der Waals surface area contributed by atoms with E-state index in [1.165, 1.54) is 0 Å². The fourth-order valence-electron chi connectivity index (χ4n) is 5.24. The number of alkyl halides is 1. The van der Waals surface area contributed by atoms with Crippen molar-refractivity contribution < 1.29 is 14.0 Å². The first kappa shape index (κ1) is 25.7. The largest absolute Gasteiger partial charge is 0.382 e. The van der Waals surface area contributed by atoms with E-state index >= 15 is 0 Å². The Morgan fingerprint density at radius 3 is 2.61 bits per heavy atom. The van der Waals surface area contributed by atoms with Gasteiger partial charge in [-0.1, -0.05) is 0 Å². The van der Waals surface area contributed by atoms with Crippen LogP contribution in [-0.2, 0) is 4.79 Å². The molecular formula is C27H31FN8O2. The first-order valence-corrected chi connectivity index (χ1v) is 12.8. The molecule has 4 heterocycles. The summed E-state index contributed by atoms with van der Waals surface area (Å²) in [7, 11) is 0. The molecule has 0 unspecified atom stereocenters. The number of hydrogen-bond donors (Lipinski definition) is 2. The van der Waals surface area contributed by atoms with E-state index in [2.05, 4.69) is 42.2 Å². The molecule has 5 rings (SSSR count). The van der Waals surface area contributed by atoms with Gasteiger partial charge in [-0.05, 0) is 49.9 Å². The fraction of sp³-hybridized carbons (Fsp3) is 0.407. The number of rotatable bonds is 8. The number of aromatic nitrogens is 3. The lowest BCUT2D eigenvalue weighted by atomic mass is 10.0. The number of halogens is 1. The number of anilines is 2. The molecule has 198 valence electrons. The van der Waals surface area contributed by atoms with Gasteiger partial charge in [-0.15, -0.1) is 0 Å². The summed E-state index contributed by atoms with van der Waals surface area (Å²) in [6.45, 7) is 5.82. The Labute approximate surface area is 220 Å². The second-order valence-electron chi connectivity index (χ2n) is 9.72. The molecule has 0 aliphatic carbocycles. The molecule has 38 heavy (non-hydrogen) atoms. The van der Waals surface area contributed by atoms with E-state index in [1.54, 1.807) is 35.6 Å². The quantitative estimate of drug-likeness (QED) is 0.441. The van der Waals surface area contributed by atoms with Crippen LogP contribution in [0.5, 0.6) is 0 Å². The predicted octanol–water partition coefficient (Wildman–Crippen LogP) is 2.79. The van der Waals surface area contributed by atoms with Crippen molar-refractivity contribution in [1.29, 1.82) is 0 Å².